The first-order valence-electron chi connectivity index (χ1n) is 12.5. The predicted molar refractivity (Wildman–Crippen MR) is 130 cm³/mol. The van der Waals surface area contributed by atoms with E-state index in [0.29, 0.717) is 0 Å². The monoisotopic (exact) mass is 434 g/mol. The maximum absolute atomic E-state index is 5.99. The molecule has 0 aliphatic heterocycles. The van der Waals surface area contributed by atoms with Gasteiger partial charge in [-0.2, -0.15) is 0 Å². The molecule has 2 rings (SSSR count). The maximum atomic E-state index is 5.99. The molecule has 0 heterocycles. The summed E-state index contributed by atoms with van der Waals surface area (Å²) >= 11 is 0. The Morgan fingerprint density at radius 2 is 1.50 bits per heavy atom. The number of unbranched alkanes of at least 4 members (excludes halogenated alkanes) is 2. The van der Waals surface area contributed by atoms with Gasteiger partial charge in [0.1, 0.15) is 5.75 Å². The summed E-state index contributed by atoms with van der Waals surface area (Å²) in [5, 5.41) is 0. The summed E-state index contributed by atoms with van der Waals surface area (Å²) in [4.78, 5) is 0. The highest BCUT2D eigenvalue weighted by Gasteiger charge is 2.22. The fraction of sp³-hybridized carbons (Fsp3) is 0.769. The third-order valence-electron chi connectivity index (χ3n) is 6.11. The highest BCUT2D eigenvalue weighted by Crippen LogP contribution is 2.38. The van der Waals surface area contributed by atoms with Gasteiger partial charge in [0.15, 0.2) is 0 Å². The molecule has 3 nitrogen and oxygen atoms in total. The molecule has 0 N–H and O–H groups in total. The van der Waals surface area contributed by atoms with Crippen molar-refractivity contribution in [1.82, 2.24) is 0 Å². The average molecular weight is 435 g/mol. The number of ether oxygens (including phenoxy) is 1. The van der Waals surface area contributed by atoms with Crippen molar-refractivity contribution >= 4 is 9.28 Å². The van der Waals surface area contributed by atoms with Crippen LogP contribution in [-0.2, 0) is 8.85 Å². The number of hydrogen-bond acceptors (Lipinski definition) is 3. The van der Waals surface area contributed by atoms with E-state index in [1.54, 1.807) is 0 Å². The Bertz CT molecular complexity index is 540. The molecule has 0 spiro atoms. The second kappa shape index (κ2) is 14.3. The Morgan fingerprint density at radius 3 is 2.07 bits per heavy atom. The van der Waals surface area contributed by atoms with Crippen LogP contribution in [0.15, 0.2) is 24.3 Å². The zero-order valence-corrected chi connectivity index (χ0v) is 21.4. The van der Waals surface area contributed by atoms with Gasteiger partial charge in [-0.1, -0.05) is 44.7 Å². The van der Waals surface area contributed by atoms with Crippen LogP contribution in [0.2, 0.25) is 6.04 Å². The standard InChI is InChI=1S/C26H46O3Si/c1-6-7-8-10-23-11-13-24(14-12-23)25-15-17-26(18-16-25)27-19-9-20-30(28-21(2)3)29-22(4)5/h15-18,21-24,30H,6-14,19-20H2,1-5H3. The van der Waals surface area contributed by atoms with Gasteiger partial charge < -0.3 is 13.6 Å². The van der Waals surface area contributed by atoms with Crippen LogP contribution in [-0.4, -0.2) is 28.1 Å². The van der Waals surface area contributed by atoms with Crippen LogP contribution in [0.3, 0.4) is 0 Å². The van der Waals surface area contributed by atoms with E-state index in [4.69, 9.17) is 13.6 Å². The summed E-state index contributed by atoms with van der Waals surface area (Å²) in [6, 6.07) is 9.90. The molecule has 1 aromatic rings. The maximum Gasteiger partial charge on any atom is 0.321 e. The first kappa shape index (κ1) is 25.4. The fourth-order valence-corrected chi connectivity index (χ4v) is 6.57. The van der Waals surface area contributed by atoms with E-state index in [9.17, 15) is 0 Å². The van der Waals surface area contributed by atoms with Crippen LogP contribution in [0.25, 0.3) is 0 Å². The summed E-state index contributed by atoms with van der Waals surface area (Å²) in [6.45, 7) is 11.4. The van der Waals surface area contributed by atoms with Crippen molar-refractivity contribution in [3.8, 4) is 5.75 Å². The van der Waals surface area contributed by atoms with E-state index < -0.39 is 9.28 Å². The minimum atomic E-state index is -1.60. The lowest BCUT2D eigenvalue weighted by Crippen LogP contribution is -2.29. The Kier molecular flexibility index (Phi) is 12.1. The van der Waals surface area contributed by atoms with E-state index in [2.05, 4.69) is 58.9 Å². The van der Waals surface area contributed by atoms with Crippen molar-refractivity contribution in [3.63, 3.8) is 0 Å². The van der Waals surface area contributed by atoms with Crippen LogP contribution in [0, 0.1) is 5.92 Å². The van der Waals surface area contributed by atoms with E-state index in [0.717, 1.165) is 36.7 Å². The van der Waals surface area contributed by atoms with Crippen LogP contribution < -0.4 is 4.74 Å². The number of hydrogen-bond donors (Lipinski definition) is 0. The van der Waals surface area contributed by atoms with Gasteiger partial charge in [-0.25, -0.2) is 0 Å². The summed E-state index contributed by atoms with van der Waals surface area (Å²) in [5.41, 5.74) is 1.50. The molecule has 0 saturated heterocycles. The largest absolute Gasteiger partial charge is 0.494 e. The van der Waals surface area contributed by atoms with Crippen LogP contribution >= 0.6 is 0 Å². The van der Waals surface area contributed by atoms with Gasteiger partial charge in [0, 0.05) is 12.2 Å². The van der Waals surface area contributed by atoms with E-state index in [-0.39, 0.29) is 12.2 Å². The van der Waals surface area contributed by atoms with Gasteiger partial charge in [-0.05, 0) is 95.4 Å². The zero-order valence-electron chi connectivity index (χ0n) is 20.2. The molecule has 1 saturated carbocycles. The molecule has 0 atom stereocenters. The summed E-state index contributed by atoms with van der Waals surface area (Å²) in [7, 11) is -1.60. The topological polar surface area (TPSA) is 27.7 Å². The van der Waals surface area contributed by atoms with Crippen molar-refractivity contribution in [2.45, 2.75) is 117 Å². The number of rotatable bonds is 14. The molecule has 0 aromatic heterocycles. The van der Waals surface area contributed by atoms with Crippen molar-refractivity contribution in [1.29, 1.82) is 0 Å². The lowest BCUT2D eigenvalue weighted by Gasteiger charge is -2.29. The molecule has 172 valence electrons. The van der Waals surface area contributed by atoms with Gasteiger partial charge in [0.2, 0.25) is 0 Å². The second-order valence-corrected chi connectivity index (χ2v) is 11.6. The molecular weight excluding hydrogens is 388 g/mol. The van der Waals surface area contributed by atoms with Crippen LogP contribution in [0.1, 0.15) is 104 Å². The van der Waals surface area contributed by atoms with Crippen molar-refractivity contribution < 1.29 is 13.6 Å². The Morgan fingerprint density at radius 1 is 0.867 bits per heavy atom. The van der Waals surface area contributed by atoms with Gasteiger partial charge in [0.05, 0.1) is 6.61 Å². The van der Waals surface area contributed by atoms with E-state index in [1.165, 1.54) is 56.9 Å². The van der Waals surface area contributed by atoms with E-state index in [1.807, 2.05) is 0 Å². The normalized spacial score (nSPS) is 19.7. The van der Waals surface area contributed by atoms with Gasteiger partial charge >= 0.3 is 9.28 Å². The van der Waals surface area contributed by atoms with Crippen LogP contribution in [0.5, 0.6) is 5.75 Å². The smallest absolute Gasteiger partial charge is 0.321 e. The Hall–Kier alpha value is -0.843. The molecule has 1 aliphatic carbocycles. The zero-order chi connectivity index (χ0) is 21.8. The van der Waals surface area contributed by atoms with Crippen molar-refractivity contribution in [2.24, 2.45) is 5.92 Å². The quantitative estimate of drug-likeness (QED) is 0.226. The first-order chi connectivity index (χ1) is 14.5. The Labute approximate surface area is 187 Å². The van der Waals surface area contributed by atoms with Gasteiger partial charge in [-0.3, -0.25) is 0 Å². The SMILES string of the molecule is CCCCCC1CCC(c2ccc(OCCC[SiH](OC(C)C)OC(C)C)cc2)CC1. The van der Waals surface area contributed by atoms with Crippen LogP contribution in [0.4, 0.5) is 0 Å². The minimum Gasteiger partial charge on any atom is -0.494 e. The Balaban J connectivity index is 1.68. The third-order valence-corrected chi connectivity index (χ3v) is 8.69. The summed E-state index contributed by atoms with van der Waals surface area (Å²) < 4.78 is 18.0. The third kappa shape index (κ3) is 9.98. The molecular formula is C26H46O3Si. The highest BCUT2D eigenvalue weighted by molar-refractivity contribution is 6.44. The molecule has 30 heavy (non-hydrogen) atoms. The molecule has 1 aliphatic rings. The molecule has 1 aromatic carbocycles. The summed E-state index contributed by atoms with van der Waals surface area (Å²) in [6.07, 6.45) is 12.6. The second-order valence-electron chi connectivity index (χ2n) is 9.57. The minimum absolute atomic E-state index is 0.236. The molecule has 0 bridgehead atoms. The predicted octanol–water partition coefficient (Wildman–Crippen LogP) is 7.38. The lowest BCUT2D eigenvalue weighted by molar-refractivity contribution is 0.128. The molecule has 1 fully saturated rings. The van der Waals surface area contributed by atoms with Crippen molar-refractivity contribution in [3.05, 3.63) is 29.8 Å². The fourth-order valence-electron chi connectivity index (χ4n) is 4.52. The molecule has 0 unspecified atom stereocenters. The average Bonchev–Trinajstić information content (AvgIpc) is 2.71. The lowest BCUT2D eigenvalue weighted by atomic mass is 9.77. The summed E-state index contributed by atoms with van der Waals surface area (Å²) in [5.74, 6) is 2.71. The van der Waals surface area contributed by atoms with Gasteiger partial charge in [-0.15, -0.1) is 0 Å². The molecule has 4 heteroatoms. The highest BCUT2D eigenvalue weighted by atomic mass is 28.3. The number of benzene rings is 1. The van der Waals surface area contributed by atoms with Crippen molar-refractivity contribution in [2.75, 3.05) is 6.61 Å². The molecule has 0 radical (unpaired) electrons. The molecule has 0 amide bonds. The van der Waals surface area contributed by atoms with Gasteiger partial charge in [0.25, 0.3) is 0 Å². The first-order valence-corrected chi connectivity index (χ1v) is 14.3. The van der Waals surface area contributed by atoms with E-state index >= 15 is 0 Å².